The van der Waals surface area contributed by atoms with Gasteiger partial charge in [0, 0.05) is 10.9 Å². The number of carbonyl (C=O) groups excluding carboxylic acids is 1. The van der Waals surface area contributed by atoms with Gasteiger partial charge in [0.15, 0.2) is 0 Å². The van der Waals surface area contributed by atoms with E-state index in [1.165, 1.54) is 6.42 Å². The maximum Gasteiger partial charge on any atom is 0.230 e. The number of hydrogen-bond acceptors (Lipinski definition) is 2. The first-order valence-electron chi connectivity index (χ1n) is 6.52. The summed E-state index contributed by atoms with van der Waals surface area (Å²) >= 11 is 1.60. The first-order chi connectivity index (χ1) is 8.55. The largest absolute Gasteiger partial charge is 0.353 e. The molecular weight excluding hydrogens is 242 g/mol. The minimum atomic E-state index is 0.159. The molecule has 0 heterocycles. The Labute approximate surface area is 114 Å². The Morgan fingerprint density at radius 3 is 2.72 bits per heavy atom. The van der Waals surface area contributed by atoms with Gasteiger partial charge >= 0.3 is 0 Å². The van der Waals surface area contributed by atoms with E-state index in [-0.39, 0.29) is 5.91 Å². The van der Waals surface area contributed by atoms with Gasteiger partial charge < -0.3 is 5.32 Å². The summed E-state index contributed by atoms with van der Waals surface area (Å²) in [5.41, 5.74) is 0.393. The Kier molecular flexibility index (Phi) is 4.33. The molecule has 2 nitrogen and oxygen atoms in total. The first-order valence-corrected chi connectivity index (χ1v) is 7.51. The van der Waals surface area contributed by atoms with Crippen molar-refractivity contribution in [1.82, 2.24) is 5.32 Å². The maximum atomic E-state index is 11.9. The molecule has 3 heteroatoms. The van der Waals surface area contributed by atoms with Crippen LogP contribution in [0.4, 0.5) is 0 Å². The molecule has 1 aromatic carbocycles. The fourth-order valence-electron chi connectivity index (χ4n) is 2.49. The summed E-state index contributed by atoms with van der Waals surface area (Å²) in [5, 5.41) is 3.14. The summed E-state index contributed by atoms with van der Waals surface area (Å²) in [6, 6.07) is 10.4. The van der Waals surface area contributed by atoms with Crippen LogP contribution in [0.1, 0.15) is 33.1 Å². The zero-order chi connectivity index (χ0) is 13.0. The third-order valence-corrected chi connectivity index (χ3v) is 4.46. The fourth-order valence-corrected chi connectivity index (χ4v) is 3.22. The van der Waals surface area contributed by atoms with E-state index in [2.05, 4.69) is 19.2 Å². The molecule has 1 aliphatic rings. The van der Waals surface area contributed by atoms with E-state index >= 15 is 0 Å². The van der Waals surface area contributed by atoms with Crippen molar-refractivity contribution in [1.29, 1.82) is 0 Å². The van der Waals surface area contributed by atoms with Gasteiger partial charge in [-0.25, -0.2) is 0 Å². The maximum absolute atomic E-state index is 11.9. The molecule has 1 saturated carbocycles. The van der Waals surface area contributed by atoms with Crippen LogP contribution in [0.15, 0.2) is 35.2 Å². The van der Waals surface area contributed by atoms with E-state index in [1.54, 1.807) is 11.8 Å². The minimum absolute atomic E-state index is 0.159. The van der Waals surface area contributed by atoms with Crippen LogP contribution in [0.2, 0.25) is 0 Å². The van der Waals surface area contributed by atoms with Gasteiger partial charge in [-0.2, -0.15) is 0 Å². The highest BCUT2D eigenvalue weighted by Gasteiger charge is 2.31. The molecular formula is C15H21NOS. The van der Waals surface area contributed by atoms with Crippen molar-refractivity contribution in [2.75, 3.05) is 5.75 Å². The number of hydrogen-bond donors (Lipinski definition) is 1. The Morgan fingerprint density at radius 1 is 1.39 bits per heavy atom. The molecule has 1 amide bonds. The molecule has 0 radical (unpaired) electrons. The fraction of sp³-hybridized carbons (Fsp3) is 0.533. The van der Waals surface area contributed by atoms with Gasteiger partial charge in [0.05, 0.1) is 5.75 Å². The highest BCUT2D eigenvalue weighted by molar-refractivity contribution is 8.00. The van der Waals surface area contributed by atoms with Crippen LogP contribution in [0.25, 0.3) is 0 Å². The molecule has 0 bridgehead atoms. The third kappa shape index (κ3) is 4.05. The zero-order valence-electron chi connectivity index (χ0n) is 11.1. The quantitative estimate of drug-likeness (QED) is 0.843. The van der Waals surface area contributed by atoms with Crippen molar-refractivity contribution in [2.45, 2.75) is 44.0 Å². The second-order valence-electron chi connectivity index (χ2n) is 5.77. The van der Waals surface area contributed by atoms with Crippen LogP contribution in [0, 0.1) is 5.41 Å². The number of benzene rings is 1. The lowest BCUT2D eigenvalue weighted by molar-refractivity contribution is -0.119. The lowest BCUT2D eigenvalue weighted by atomic mass is 9.92. The van der Waals surface area contributed by atoms with Gasteiger partial charge in [-0.05, 0) is 36.8 Å². The molecule has 1 atom stereocenters. The van der Waals surface area contributed by atoms with Crippen molar-refractivity contribution in [2.24, 2.45) is 5.41 Å². The zero-order valence-corrected chi connectivity index (χ0v) is 11.9. The van der Waals surface area contributed by atoms with E-state index in [0.29, 0.717) is 17.2 Å². The van der Waals surface area contributed by atoms with E-state index in [9.17, 15) is 4.79 Å². The topological polar surface area (TPSA) is 29.1 Å². The van der Waals surface area contributed by atoms with Crippen LogP contribution >= 0.6 is 11.8 Å². The van der Waals surface area contributed by atoms with Crippen LogP contribution in [-0.2, 0) is 4.79 Å². The molecule has 0 aliphatic heterocycles. The average molecular weight is 263 g/mol. The number of carbonyl (C=O) groups is 1. The summed E-state index contributed by atoms with van der Waals surface area (Å²) in [6.07, 6.45) is 3.44. The van der Waals surface area contributed by atoms with Gasteiger partial charge in [-0.1, -0.05) is 32.0 Å². The van der Waals surface area contributed by atoms with Crippen molar-refractivity contribution >= 4 is 17.7 Å². The third-order valence-electron chi connectivity index (χ3n) is 3.45. The molecule has 1 aromatic rings. The SMILES string of the molecule is CC1(C)CCC(NC(=O)CSc2ccccc2)C1. The highest BCUT2D eigenvalue weighted by atomic mass is 32.2. The summed E-state index contributed by atoms with van der Waals surface area (Å²) in [7, 11) is 0. The molecule has 1 N–H and O–H groups in total. The lowest BCUT2D eigenvalue weighted by Crippen LogP contribution is -2.34. The van der Waals surface area contributed by atoms with Gasteiger partial charge in [0.1, 0.15) is 0 Å². The Morgan fingerprint density at radius 2 is 2.11 bits per heavy atom. The van der Waals surface area contributed by atoms with E-state index in [0.717, 1.165) is 17.7 Å². The number of nitrogens with one attached hydrogen (secondary N) is 1. The Balaban J connectivity index is 1.73. The van der Waals surface area contributed by atoms with Gasteiger partial charge in [-0.15, -0.1) is 11.8 Å². The number of rotatable bonds is 4. The van der Waals surface area contributed by atoms with Crippen LogP contribution in [0.5, 0.6) is 0 Å². The standard InChI is InChI=1S/C15H21NOS/c1-15(2)9-8-12(10-15)16-14(17)11-18-13-6-4-3-5-7-13/h3-7,12H,8-11H2,1-2H3,(H,16,17). The Bertz CT molecular complexity index is 402. The number of amides is 1. The summed E-state index contributed by atoms with van der Waals surface area (Å²) in [6.45, 7) is 4.55. The molecule has 0 saturated heterocycles. The van der Waals surface area contributed by atoms with E-state index in [1.807, 2.05) is 30.3 Å². The molecule has 1 unspecified atom stereocenters. The van der Waals surface area contributed by atoms with Crippen molar-refractivity contribution in [3.8, 4) is 0 Å². The predicted molar refractivity (Wildman–Crippen MR) is 76.7 cm³/mol. The first kappa shape index (κ1) is 13.5. The Hall–Kier alpha value is -0.960. The minimum Gasteiger partial charge on any atom is -0.353 e. The smallest absolute Gasteiger partial charge is 0.230 e. The average Bonchev–Trinajstić information content (AvgIpc) is 2.67. The van der Waals surface area contributed by atoms with Gasteiger partial charge in [0.2, 0.25) is 5.91 Å². The van der Waals surface area contributed by atoms with E-state index < -0.39 is 0 Å². The molecule has 1 fully saturated rings. The van der Waals surface area contributed by atoms with Crippen molar-refractivity contribution in [3.05, 3.63) is 30.3 Å². The highest BCUT2D eigenvalue weighted by Crippen LogP contribution is 2.36. The second kappa shape index (κ2) is 5.79. The number of thioether (sulfide) groups is 1. The molecule has 18 heavy (non-hydrogen) atoms. The second-order valence-corrected chi connectivity index (χ2v) is 6.82. The lowest BCUT2D eigenvalue weighted by Gasteiger charge is -2.17. The van der Waals surface area contributed by atoms with Gasteiger partial charge in [-0.3, -0.25) is 4.79 Å². The molecule has 0 aromatic heterocycles. The van der Waals surface area contributed by atoms with Gasteiger partial charge in [0.25, 0.3) is 0 Å². The summed E-state index contributed by atoms with van der Waals surface area (Å²) in [5.74, 6) is 0.674. The van der Waals surface area contributed by atoms with Crippen molar-refractivity contribution < 1.29 is 4.79 Å². The summed E-state index contributed by atoms with van der Waals surface area (Å²) < 4.78 is 0. The van der Waals surface area contributed by atoms with Crippen molar-refractivity contribution in [3.63, 3.8) is 0 Å². The monoisotopic (exact) mass is 263 g/mol. The predicted octanol–water partition coefficient (Wildman–Crippen LogP) is 3.47. The summed E-state index contributed by atoms with van der Waals surface area (Å²) in [4.78, 5) is 13.0. The molecule has 98 valence electrons. The molecule has 2 rings (SSSR count). The van der Waals surface area contributed by atoms with E-state index in [4.69, 9.17) is 0 Å². The van der Waals surface area contributed by atoms with Crippen LogP contribution < -0.4 is 5.32 Å². The van der Waals surface area contributed by atoms with Crippen LogP contribution in [0.3, 0.4) is 0 Å². The normalized spacial score (nSPS) is 21.8. The van der Waals surface area contributed by atoms with Crippen LogP contribution in [-0.4, -0.2) is 17.7 Å². The molecule has 0 spiro atoms. The molecule has 1 aliphatic carbocycles.